The fourth-order valence-electron chi connectivity index (χ4n) is 3.00. The fraction of sp³-hybridized carbons (Fsp3) is 0.533. The van der Waals surface area contributed by atoms with Crippen LogP contribution in [0.3, 0.4) is 0 Å². The molecule has 2 aromatic heterocycles. The predicted octanol–water partition coefficient (Wildman–Crippen LogP) is 3.83. The minimum Gasteiger partial charge on any atom is -0.477 e. The van der Waals surface area contributed by atoms with Gasteiger partial charge in [0.1, 0.15) is 21.9 Å². The summed E-state index contributed by atoms with van der Waals surface area (Å²) >= 11 is 1.22. The maximum absolute atomic E-state index is 11.3. The monoisotopic (exact) mass is 305 g/mol. The number of carboxylic acid groups (broad SMARTS) is 1. The molecule has 0 radical (unpaired) electrons. The smallest absolute Gasteiger partial charge is 0.346 e. The number of carboxylic acids is 1. The molecule has 0 spiro atoms. The quantitative estimate of drug-likeness (QED) is 0.843. The summed E-state index contributed by atoms with van der Waals surface area (Å²) < 4.78 is 0. The summed E-state index contributed by atoms with van der Waals surface area (Å²) in [6.07, 6.45) is 8.92. The third-order valence-electron chi connectivity index (χ3n) is 4.12. The lowest BCUT2D eigenvalue weighted by molar-refractivity contribution is 0.0701. The van der Waals surface area contributed by atoms with Gasteiger partial charge < -0.3 is 10.4 Å². The van der Waals surface area contributed by atoms with Crippen LogP contribution in [0.25, 0.3) is 10.2 Å². The number of hydrogen-bond donors (Lipinski definition) is 2. The third kappa shape index (κ3) is 2.85. The van der Waals surface area contributed by atoms with Crippen LogP contribution in [0.4, 0.5) is 5.82 Å². The van der Waals surface area contributed by atoms with Crippen LogP contribution in [0, 0.1) is 6.92 Å². The van der Waals surface area contributed by atoms with Crippen molar-refractivity contribution in [1.82, 2.24) is 9.97 Å². The van der Waals surface area contributed by atoms with Crippen molar-refractivity contribution in [1.29, 1.82) is 0 Å². The summed E-state index contributed by atoms with van der Waals surface area (Å²) in [5, 5.41) is 13.6. The molecular weight excluding hydrogens is 286 g/mol. The molecule has 3 rings (SSSR count). The van der Waals surface area contributed by atoms with E-state index in [0.717, 1.165) is 34.4 Å². The second-order valence-electron chi connectivity index (χ2n) is 5.60. The number of nitrogens with zero attached hydrogens (tertiary/aromatic N) is 2. The number of anilines is 1. The first-order chi connectivity index (χ1) is 10.2. The molecule has 5 nitrogen and oxygen atoms in total. The van der Waals surface area contributed by atoms with Crippen LogP contribution in [0.5, 0.6) is 0 Å². The summed E-state index contributed by atoms with van der Waals surface area (Å²) in [6, 6.07) is 0.429. The molecule has 0 atom stereocenters. The molecule has 1 fully saturated rings. The Morgan fingerprint density at radius 2 is 2.00 bits per heavy atom. The van der Waals surface area contributed by atoms with Crippen molar-refractivity contribution >= 4 is 33.3 Å². The first-order valence-electron chi connectivity index (χ1n) is 7.40. The summed E-state index contributed by atoms with van der Waals surface area (Å²) in [6.45, 7) is 1.84. The average molecular weight is 305 g/mol. The molecule has 21 heavy (non-hydrogen) atoms. The average Bonchev–Trinajstić information content (AvgIpc) is 2.64. The molecule has 0 bridgehead atoms. The van der Waals surface area contributed by atoms with Gasteiger partial charge in [-0.05, 0) is 25.3 Å². The maximum atomic E-state index is 11.3. The van der Waals surface area contributed by atoms with Gasteiger partial charge in [-0.15, -0.1) is 11.3 Å². The minimum atomic E-state index is -0.893. The number of fused-ring (bicyclic) bond motifs is 1. The van der Waals surface area contributed by atoms with Gasteiger partial charge in [-0.25, -0.2) is 14.8 Å². The Labute approximate surface area is 127 Å². The third-order valence-corrected chi connectivity index (χ3v) is 5.30. The molecule has 6 heteroatoms. The van der Waals surface area contributed by atoms with E-state index in [1.165, 1.54) is 43.3 Å². The standard InChI is InChI=1S/C15H19N3O2S/c1-9-11-13(18-10-6-4-2-3-5-7-10)16-8-17-14(11)21-12(9)15(19)20/h8,10H,2-7H2,1H3,(H,19,20)(H,16,17,18). The van der Waals surface area contributed by atoms with E-state index in [9.17, 15) is 9.90 Å². The van der Waals surface area contributed by atoms with Gasteiger partial charge in [0.15, 0.2) is 0 Å². The molecule has 0 amide bonds. The lowest BCUT2D eigenvalue weighted by Gasteiger charge is -2.17. The van der Waals surface area contributed by atoms with E-state index < -0.39 is 5.97 Å². The molecule has 0 unspecified atom stereocenters. The Bertz CT molecular complexity index is 660. The predicted molar refractivity (Wildman–Crippen MR) is 84.2 cm³/mol. The summed E-state index contributed by atoms with van der Waals surface area (Å²) in [5.74, 6) is -0.107. The van der Waals surface area contributed by atoms with Crippen LogP contribution in [0.2, 0.25) is 0 Å². The second kappa shape index (κ2) is 5.97. The fourth-order valence-corrected chi connectivity index (χ4v) is 3.99. The van der Waals surface area contributed by atoms with Gasteiger partial charge in [0.25, 0.3) is 0 Å². The van der Waals surface area contributed by atoms with Gasteiger partial charge in [-0.2, -0.15) is 0 Å². The Hall–Kier alpha value is -1.69. The molecule has 112 valence electrons. The summed E-state index contributed by atoms with van der Waals surface area (Å²) in [7, 11) is 0. The first kappa shape index (κ1) is 14.3. The van der Waals surface area contributed by atoms with E-state index in [1.807, 2.05) is 6.92 Å². The Morgan fingerprint density at radius 3 is 2.67 bits per heavy atom. The van der Waals surface area contributed by atoms with Gasteiger partial charge in [-0.3, -0.25) is 0 Å². The molecule has 1 aliphatic carbocycles. The van der Waals surface area contributed by atoms with E-state index in [2.05, 4.69) is 15.3 Å². The normalized spacial score (nSPS) is 16.8. The van der Waals surface area contributed by atoms with Crippen LogP contribution < -0.4 is 5.32 Å². The van der Waals surface area contributed by atoms with Crippen molar-refractivity contribution in [2.45, 2.75) is 51.5 Å². The number of aromatic carboxylic acids is 1. The zero-order valence-electron chi connectivity index (χ0n) is 12.1. The zero-order valence-corrected chi connectivity index (χ0v) is 12.9. The van der Waals surface area contributed by atoms with Crippen molar-refractivity contribution in [3.05, 3.63) is 16.8 Å². The SMILES string of the molecule is Cc1c(C(=O)O)sc2ncnc(NC3CCCCCC3)c12. The Morgan fingerprint density at radius 1 is 1.29 bits per heavy atom. The highest BCUT2D eigenvalue weighted by Gasteiger charge is 2.20. The number of aromatic nitrogens is 2. The van der Waals surface area contributed by atoms with Crippen LogP contribution in [-0.2, 0) is 0 Å². The summed E-state index contributed by atoms with van der Waals surface area (Å²) in [4.78, 5) is 21.0. The lowest BCUT2D eigenvalue weighted by Crippen LogP contribution is -2.19. The van der Waals surface area contributed by atoms with Crippen molar-refractivity contribution in [2.24, 2.45) is 0 Å². The largest absolute Gasteiger partial charge is 0.477 e. The van der Waals surface area contributed by atoms with Crippen LogP contribution in [0.15, 0.2) is 6.33 Å². The highest BCUT2D eigenvalue weighted by Crippen LogP contribution is 2.34. The lowest BCUT2D eigenvalue weighted by atomic mass is 10.1. The van der Waals surface area contributed by atoms with Crippen molar-refractivity contribution in [2.75, 3.05) is 5.32 Å². The second-order valence-corrected chi connectivity index (χ2v) is 6.60. The number of carbonyl (C=O) groups is 1. The number of thiophene rings is 1. The van der Waals surface area contributed by atoms with Crippen molar-refractivity contribution in [3.63, 3.8) is 0 Å². The molecule has 2 aromatic rings. The van der Waals surface area contributed by atoms with Gasteiger partial charge in [0.05, 0.1) is 5.39 Å². The number of aryl methyl sites for hydroxylation is 1. The maximum Gasteiger partial charge on any atom is 0.346 e. The van der Waals surface area contributed by atoms with Gasteiger partial charge in [0, 0.05) is 6.04 Å². The van der Waals surface area contributed by atoms with E-state index in [1.54, 1.807) is 0 Å². The molecule has 0 aliphatic heterocycles. The molecule has 2 N–H and O–H groups in total. The van der Waals surface area contributed by atoms with Gasteiger partial charge in [-0.1, -0.05) is 25.7 Å². The minimum absolute atomic E-state index is 0.356. The number of hydrogen-bond acceptors (Lipinski definition) is 5. The first-order valence-corrected chi connectivity index (χ1v) is 8.22. The zero-order chi connectivity index (χ0) is 14.8. The van der Waals surface area contributed by atoms with Crippen molar-refractivity contribution < 1.29 is 9.90 Å². The Balaban J connectivity index is 1.96. The molecule has 1 saturated carbocycles. The van der Waals surface area contributed by atoms with Crippen LogP contribution in [0.1, 0.15) is 53.8 Å². The van der Waals surface area contributed by atoms with Gasteiger partial charge >= 0.3 is 5.97 Å². The highest BCUT2D eigenvalue weighted by molar-refractivity contribution is 7.20. The molecule has 0 aromatic carbocycles. The summed E-state index contributed by atoms with van der Waals surface area (Å²) in [5.41, 5.74) is 0.763. The van der Waals surface area contributed by atoms with Gasteiger partial charge in [0.2, 0.25) is 0 Å². The number of nitrogens with one attached hydrogen (secondary N) is 1. The van der Waals surface area contributed by atoms with Crippen LogP contribution in [-0.4, -0.2) is 27.1 Å². The van der Waals surface area contributed by atoms with E-state index in [-0.39, 0.29) is 0 Å². The molecule has 2 heterocycles. The highest BCUT2D eigenvalue weighted by atomic mass is 32.1. The van der Waals surface area contributed by atoms with E-state index in [4.69, 9.17) is 0 Å². The molecule has 0 saturated heterocycles. The van der Waals surface area contributed by atoms with Crippen molar-refractivity contribution in [3.8, 4) is 0 Å². The number of rotatable bonds is 3. The Kier molecular flexibility index (Phi) is 4.05. The topological polar surface area (TPSA) is 75.1 Å². The van der Waals surface area contributed by atoms with Crippen LogP contribution >= 0.6 is 11.3 Å². The molecular formula is C15H19N3O2S. The molecule has 1 aliphatic rings. The van der Waals surface area contributed by atoms with E-state index >= 15 is 0 Å². The van der Waals surface area contributed by atoms with E-state index in [0.29, 0.717) is 10.9 Å².